The van der Waals surface area contributed by atoms with Crippen LogP contribution in [0.25, 0.3) is 16.9 Å². The number of imidazole rings is 1. The minimum atomic E-state index is -0.510. The third-order valence-electron chi connectivity index (χ3n) is 6.03. The van der Waals surface area contributed by atoms with E-state index in [9.17, 15) is 9.59 Å². The second-order valence-electron chi connectivity index (χ2n) is 8.43. The van der Waals surface area contributed by atoms with Gasteiger partial charge in [0, 0.05) is 56.0 Å². The number of fused-ring (bicyclic) bond motifs is 1. The molecule has 2 aliphatic rings. The van der Waals surface area contributed by atoms with Crippen LogP contribution < -0.4 is 11.1 Å². The average Bonchev–Trinajstić information content (AvgIpc) is 3.19. The van der Waals surface area contributed by atoms with Crippen molar-refractivity contribution < 1.29 is 14.3 Å². The van der Waals surface area contributed by atoms with Crippen molar-refractivity contribution in [3.8, 4) is 11.3 Å². The maximum atomic E-state index is 13.0. The fourth-order valence-corrected chi connectivity index (χ4v) is 4.24. The van der Waals surface area contributed by atoms with E-state index in [1.807, 2.05) is 47.1 Å². The number of ether oxygens (including phenoxy) is 1. The van der Waals surface area contributed by atoms with Crippen LogP contribution in [0.3, 0.4) is 0 Å². The zero-order valence-corrected chi connectivity index (χ0v) is 18.2. The Labute approximate surface area is 190 Å². The van der Waals surface area contributed by atoms with E-state index >= 15 is 0 Å². The summed E-state index contributed by atoms with van der Waals surface area (Å²) in [6, 6.07) is 13.4. The third-order valence-corrected chi connectivity index (χ3v) is 6.03. The molecule has 1 aromatic carbocycles. The molecule has 2 aromatic heterocycles. The Bertz CT molecular complexity index is 1280. The monoisotopic (exact) mass is 444 g/mol. The van der Waals surface area contributed by atoms with Gasteiger partial charge in [0.1, 0.15) is 11.4 Å². The first-order valence-corrected chi connectivity index (χ1v) is 10.6. The molecule has 33 heavy (non-hydrogen) atoms. The molecule has 0 unspecified atom stereocenters. The van der Waals surface area contributed by atoms with Crippen LogP contribution in [0.5, 0.6) is 0 Å². The van der Waals surface area contributed by atoms with Gasteiger partial charge in [-0.15, -0.1) is 0 Å². The number of anilines is 1. The lowest BCUT2D eigenvalue weighted by Crippen LogP contribution is -2.67. The minimum absolute atomic E-state index is 0.0125. The summed E-state index contributed by atoms with van der Waals surface area (Å²) in [5, 5.41) is 2.81. The van der Waals surface area contributed by atoms with Gasteiger partial charge in [-0.3, -0.25) is 14.6 Å². The molecule has 2 amide bonds. The molecule has 0 radical (unpaired) electrons. The first kappa shape index (κ1) is 20.9. The summed E-state index contributed by atoms with van der Waals surface area (Å²) in [6.45, 7) is 2.52. The van der Waals surface area contributed by atoms with Crippen molar-refractivity contribution in [2.24, 2.45) is 16.1 Å². The van der Waals surface area contributed by atoms with Gasteiger partial charge in [0.2, 0.25) is 0 Å². The largest absolute Gasteiger partial charge is 0.404 e. The van der Waals surface area contributed by atoms with Crippen LogP contribution in [-0.4, -0.2) is 65.2 Å². The number of carbonyl (C=O) groups excluding carboxylic acids is 2. The molecule has 2 aliphatic heterocycles. The van der Waals surface area contributed by atoms with Gasteiger partial charge in [-0.25, -0.2) is 4.98 Å². The van der Waals surface area contributed by atoms with Crippen molar-refractivity contribution in [3.05, 3.63) is 66.6 Å². The number of benzene rings is 1. The SMILES string of the molecule is CN=C(C(=O)Nc1ccn2cc(-c3ccccc3)nc2c1)C(=CN)C(=O)N1CC2(COC2)C1. The van der Waals surface area contributed by atoms with Crippen molar-refractivity contribution in [2.75, 3.05) is 38.7 Å². The Hall–Kier alpha value is -3.98. The molecule has 0 atom stereocenters. The van der Waals surface area contributed by atoms with E-state index in [-0.39, 0.29) is 22.6 Å². The minimum Gasteiger partial charge on any atom is -0.404 e. The van der Waals surface area contributed by atoms with Crippen molar-refractivity contribution in [3.63, 3.8) is 0 Å². The lowest BCUT2D eigenvalue weighted by molar-refractivity contribution is -0.192. The molecule has 3 N–H and O–H groups in total. The van der Waals surface area contributed by atoms with E-state index in [0.717, 1.165) is 17.5 Å². The first-order valence-electron chi connectivity index (χ1n) is 10.6. The Morgan fingerprint density at radius 1 is 1.21 bits per heavy atom. The Morgan fingerprint density at radius 3 is 2.61 bits per heavy atom. The van der Waals surface area contributed by atoms with Gasteiger partial charge >= 0.3 is 0 Å². The van der Waals surface area contributed by atoms with Gasteiger partial charge in [0.15, 0.2) is 0 Å². The van der Waals surface area contributed by atoms with E-state index in [1.165, 1.54) is 7.05 Å². The zero-order chi connectivity index (χ0) is 23.0. The van der Waals surface area contributed by atoms with Crippen molar-refractivity contribution in [1.29, 1.82) is 0 Å². The number of carbonyl (C=O) groups is 2. The van der Waals surface area contributed by atoms with E-state index in [0.29, 0.717) is 37.6 Å². The number of nitrogens with one attached hydrogen (secondary N) is 1. The fourth-order valence-electron chi connectivity index (χ4n) is 4.24. The van der Waals surface area contributed by atoms with E-state index in [4.69, 9.17) is 10.5 Å². The summed E-state index contributed by atoms with van der Waals surface area (Å²) in [5.74, 6) is -0.814. The molecule has 168 valence electrons. The lowest BCUT2D eigenvalue weighted by Gasteiger charge is -2.55. The molecule has 1 spiro atoms. The van der Waals surface area contributed by atoms with Gasteiger partial charge in [-0.2, -0.15) is 0 Å². The lowest BCUT2D eigenvalue weighted by atomic mass is 9.77. The molecule has 0 saturated carbocycles. The normalized spacial score (nSPS) is 17.5. The predicted octanol–water partition coefficient (Wildman–Crippen LogP) is 1.71. The second kappa shape index (κ2) is 8.18. The highest BCUT2D eigenvalue weighted by Crippen LogP contribution is 2.38. The summed E-state index contributed by atoms with van der Waals surface area (Å²) in [7, 11) is 1.47. The molecule has 0 aliphatic carbocycles. The maximum Gasteiger partial charge on any atom is 0.274 e. The van der Waals surface area contributed by atoms with E-state index < -0.39 is 5.91 Å². The van der Waals surface area contributed by atoms with Crippen molar-refractivity contribution >= 4 is 28.9 Å². The number of likely N-dealkylation sites (tertiary alicyclic amines) is 1. The van der Waals surface area contributed by atoms with Gasteiger partial charge in [0.05, 0.1) is 29.9 Å². The Kier molecular flexibility index (Phi) is 5.18. The molecule has 3 aromatic rings. The summed E-state index contributed by atoms with van der Waals surface area (Å²) >= 11 is 0. The second-order valence-corrected chi connectivity index (χ2v) is 8.43. The smallest absolute Gasteiger partial charge is 0.274 e. The highest BCUT2D eigenvalue weighted by atomic mass is 16.5. The van der Waals surface area contributed by atoms with E-state index in [2.05, 4.69) is 15.3 Å². The molecular weight excluding hydrogens is 420 g/mol. The zero-order valence-electron chi connectivity index (χ0n) is 18.2. The highest BCUT2D eigenvalue weighted by Gasteiger charge is 2.51. The number of aromatic nitrogens is 2. The van der Waals surface area contributed by atoms with Crippen LogP contribution in [0.2, 0.25) is 0 Å². The van der Waals surface area contributed by atoms with Crippen LogP contribution in [0.15, 0.2) is 71.6 Å². The number of amides is 2. The molecule has 2 saturated heterocycles. The molecule has 5 rings (SSSR count). The summed E-state index contributed by atoms with van der Waals surface area (Å²) in [5.41, 5.74) is 8.93. The van der Waals surface area contributed by atoms with Gasteiger partial charge in [-0.1, -0.05) is 30.3 Å². The summed E-state index contributed by atoms with van der Waals surface area (Å²) < 4.78 is 7.13. The van der Waals surface area contributed by atoms with Gasteiger partial charge in [0.25, 0.3) is 11.8 Å². The molecule has 4 heterocycles. The number of hydrogen-bond donors (Lipinski definition) is 2. The molecule has 0 bridgehead atoms. The number of hydrogen-bond acceptors (Lipinski definition) is 6. The molecule has 9 heteroatoms. The quantitative estimate of drug-likeness (QED) is 0.459. The number of rotatable bonds is 5. The predicted molar refractivity (Wildman–Crippen MR) is 125 cm³/mol. The summed E-state index contributed by atoms with van der Waals surface area (Å²) in [4.78, 5) is 36.3. The maximum absolute atomic E-state index is 13.0. The molecule has 9 nitrogen and oxygen atoms in total. The van der Waals surface area contributed by atoms with Gasteiger partial charge < -0.3 is 25.1 Å². The molecular formula is C24H24N6O3. The van der Waals surface area contributed by atoms with Crippen LogP contribution in [0.4, 0.5) is 5.69 Å². The van der Waals surface area contributed by atoms with E-state index in [1.54, 1.807) is 17.0 Å². The average molecular weight is 444 g/mol. The number of pyridine rings is 1. The molecule has 2 fully saturated rings. The van der Waals surface area contributed by atoms with Gasteiger partial charge in [-0.05, 0) is 6.07 Å². The first-order chi connectivity index (χ1) is 16.0. The van der Waals surface area contributed by atoms with Crippen LogP contribution in [0, 0.1) is 5.41 Å². The standard InChI is InChI=1S/C24H24N6O3/c1-26-21(18(10-25)23(32)30-12-24(13-30)14-33-15-24)22(31)27-17-7-8-29-11-19(28-20(29)9-17)16-5-3-2-4-6-16/h2-11H,12-15,25H2,1H3,(H,27,31). The van der Waals surface area contributed by atoms with Crippen molar-refractivity contribution in [2.45, 2.75) is 0 Å². The number of nitrogens with zero attached hydrogens (tertiary/aromatic N) is 4. The third kappa shape index (κ3) is 3.76. The van der Waals surface area contributed by atoms with Crippen molar-refractivity contribution in [1.82, 2.24) is 14.3 Å². The summed E-state index contributed by atoms with van der Waals surface area (Å²) in [6.07, 6.45) is 4.89. The number of nitrogens with two attached hydrogens (primary N) is 1. The highest BCUT2D eigenvalue weighted by molar-refractivity contribution is 6.54. The fraction of sp³-hybridized carbons (Fsp3) is 0.250. The topological polar surface area (TPSA) is 114 Å². The van der Waals surface area contributed by atoms with Crippen LogP contribution >= 0.6 is 0 Å². The number of aliphatic imine (C=N–C) groups is 1. The Morgan fingerprint density at radius 2 is 1.97 bits per heavy atom. The van der Waals surface area contributed by atoms with Crippen LogP contribution in [-0.2, 0) is 14.3 Å². The van der Waals surface area contributed by atoms with Crippen LogP contribution in [0.1, 0.15) is 0 Å². The Balaban J connectivity index is 1.31.